The molecule has 1 heterocycles. The zero-order chi connectivity index (χ0) is 19.8. The van der Waals surface area contributed by atoms with Crippen LogP contribution in [0.2, 0.25) is 0 Å². The van der Waals surface area contributed by atoms with Crippen molar-refractivity contribution in [3.05, 3.63) is 78.1 Å². The maximum atomic E-state index is 12.3. The number of benzene rings is 2. The Bertz CT molecular complexity index is 879. The number of anilines is 2. The number of ether oxygens (including phenoxy) is 1. The zero-order valence-electron chi connectivity index (χ0n) is 16.1. The molecule has 0 aliphatic rings. The molecular weight excluding hydrogens is 352 g/mol. The molecule has 2 N–H and O–H groups in total. The number of nitrogens with zero attached hydrogens (tertiary/aromatic N) is 2. The lowest BCUT2D eigenvalue weighted by Crippen LogP contribution is -2.14. The highest BCUT2D eigenvalue weighted by molar-refractivity contribution is 6.03. The summed E-state index contributed by atoms with van der Waals surface area (Å²) in [7, 11) is 0. The van der Waals surface area contributed by atoms with Crippen molar-refractivity contribution >= 4 is 17.5 Å². The Balaban J connectivity index is 1.50. The van der Waals surface area contributed by atoms with E-state index in [-0.39, 0.29) is 12.0 Å². The van der Waals surface area contributed by atoms with Crippen molar-refractivity contribution in [1.29, 1.82) is 0 Å². The van der Waals surface area contributed by atoms with Crippen molar-refractivity contribution in [2.75, 3.05) is 17.2 Å². The van der Waals surface area contributed by atoms with Crippen molar-refractivity contribution in [1.82, 2.24) is 9.97 Å². The van der Waals surface area contributed by atoms with E-state index < -0.39 is 0 Å². The molecule has 3 rings (SSSR count). The molecule has 2 aromatic carbocycles. The first-order valence-electron chi connectivity index (χ1n) is 9.28. The van der Waals surface area contributed by atoms with E-state index in [0.717, 1.165) is 18.7 Å². The van der Waals surface area contributed by atoms with E-state index in [1.165, 1.54) is 18.0 Å². The van der Waals surface area contributed by atoms with Crippen LogP contribution < -0.4 is 15.4 Å². The summed E-state index contributed by atoms with van der Waals surface area (Å²) in [5, 5.41) is 5.99. The van der Waals surface area contributed by atoms with Gasteiger partial charge in [-0.05, 0) is 50.1 Å². The molecule has 6 heteroatoms. The second-order valence-electron chi connectivity index (χ2n) is 6.60. The highest BCUT2D eigenvalue weighted by Gasteiger charge is 2.08. The topological polar surface area (TPSA) is 76.1 Å². The fraction of sp³-hybridized carbons (Fsp3) is 0.227. The van der Waals surface area contributed by atoms with E-state index in [0.29, 0.717) is 17.2 Å². The standard InChI is InChI=1S/C22H24N4O2/c1-16(2)28-20-10-8-19(9-11-20)26-21(27)18-14-24-22(25-15-18)23-13-12-17-6-4-3-5-7-17/h3-11,14-16H,12-13H2,1-2H3,(H,26,27)(H,23,24,25). The maximum Gasteiger partial charge on any atom is 0.258 e. The predicted molar refractivity (Wildman–Crippen MR) is 111 cm³/mol. The fourth-order valence-electron chi connectivity index (χ4n) is 2.59. The number of carbonyl (C=O) groups is 1. The molecule has 0 unspecified atom stereocenters. The molecule has 0 aliphatic heterocycles. The number of carbonyl (C=O) groups excluding carboxylic acids is 1. The van der Waals surface area contributed by atoms with Crippen LogP contribution in [0.25, 0.3) is 0 Å². The lowest BCUT2D eigenvalue weighted by Gasteiger charge is -2.10. The molecule has 0 fully saturated rings. The van der Waals surface area contributed by atoms with Crippen molar-refractivity contribution in [3.63, 3.8) is 0 Å². The molecule has 1 amide bonds. The van der Waals surface area contributed by atoms with Crippen molar-refractivity contribution < 1.29 is 9.53 Å². The molecule has 28 heavy (non-hydrogen) atoms. The summed E-state index contributed by atoms with van der Waals surface area (Å²) in [6, 6.07) is 17.4. The normalized spacial score (nSPS) is 10.5. The van der Waals surface area contributed by atoms with Gasteiger partial charge >= 0.3 is 0 Å². The van der Waals surface area contributed by atoms with E-state index in [9.17, 15) is 4.79 Å². The Morgan fingerprint density at radius 3 is 2.32 bits per heavy atom. The van der Waals surface area contributed by atoms with Gasteiger partial charge in [-0.3, -0.25) is 4.79 Å². The number of hydrogen-bond acceptors (Lipinski definition) is 5. The minimum Gasteiger partial charge on any atom is -0.491 e. The summed E-state index contributed by atoms with van der Waals surface area (Å²) in [6.07, 6.45) is 4.02. The fourth-order valence-corrected chi connectivity index (χ4v) is 2.59. The van der Waals surface area contributed by atoms with Crippen LogP contribution in [-0.2, 0) is 6.42 Å². The van der Waals surface area contributed by atoms with Crippen LogP contribution in [-0.4, -0.2) is 28.5 Å². The Morgan fingerprint density at radius 1 is 1.00 bits per heavy atom. The minimum absolute atomic E-state index is 0.109. The summed E-state index contributed by atoms with van der Waals surface area (Å²) in [6.45, 7) is 4.66. The highest BCUT2D eigenvalue weighted by Crippen LogP contribution is 2.17. The van der Waals surface area contributed by atoms with Crippen LogP contribution in [0.5, 0.6) is 5.75 Å². The highest BCUT2D eigenvalue weighted by atomic mass is 16.5. The van der Waals surface area contributed by atoms with Gasteiger partial charge in [0, 0.05) is 24.6 Å². The van der Waals surface area contributed by atoms with Gasteiger partial charge < -0.3 is 15.4 Å². The van der Waals surface area contributed by atoms with Crippen LogP contribution in [0.4, 0.5) is 11.6 Å². The third kappa shape index (κ3) is 5.81. The second kappa shape index (κ2) is 9.50. The largest absolute Gasteiger partial charge is 0.491 e. The molecule has 0 saturated carbocycles. The average molecular weight is 376 g/mol. The van der Waals surface area contributed by atoms with Gasteiger partial charge in [-0.15, -0.1) is 0 Å². The van der Waals surface area contributed by atoms with Gasteiger partial charge in [-0.25, -0.2) is 9.97 Å². The first kappa shape index (κ1) is 19.4. The van der Waals surface area contributed by atoms with Crippen molar-refractivity contribution in [2.24, 2.45) is 0 Å². The van der Waals surface area contributed by atoms with Crippen LogP contribution in [0, 0.1) is 0 Å². The Hall–Kier alpha value is -3.41. The lowest BCUT2D eigenvalue weighted by atomic mass is 10.1. The van der Waals surface area contributed by atoms with Gasteiger partial charge in [-0.2, -0.15) is 0 Å². The van der Waals surface area contributed by atoms with Gasteiger partial charge in [0.15, 0.2) is 0 Å². The van der Waals surface area contributed by atoms with E-state index in [2.05, 4.69) is 32.7 Å². The molecule has 1 aromatic heterocycles. The van der Waals surface area contributed by atoms with Crippen LogP contribution in [0.1, 0.15) is 29.8 Å². The molecule has 6 nitrogen and oxygen atoms in total. The number of nitrogens with one attached hydrogen (secondary N) is 2. The Kier molecular flexibility index (Phi) is 6.57. The zero-order valence-corrected chi connectivity index (χ0v) is 16.1. The third-order valence-electron chi connectivity index (χ3n) is 3.94. The van der Waals surface area contributed by atoms with Crippen LogP contribution in [0.3, 0.4) is 0 Å². The SMILES string of the molecule is CC(C)Oc1ccc(NC(=O)c2cnc(NCCc3ccccc3)nc2)cc1. The van der Waals surface area contributed by atoms with E-state index in [4.69, 9.17) is 4.74 Å². The van der Waals surface area contributed by atoms with Gasteiger partial charge in [0.2, 0.25) is 5.95 Å². The maximum absolute atomic E-state index is 12.3. The Labute approximate surface area is 165 Å². The lowest BCUT2D eigenvalue weighted by molar-refractivity contribution is 0.102. The smallest absolute Gasteiger partial charge is 0.258 e. The number of hydrogen-bond donors (Lipinski definition) is 2. The summed E-state index contributed by atoms with van der Waals surface area (Å²) in [5.74, 6) is 1.01. The number of rotatable bonds is 8. The Morgan fingerprint density at radius 2 is 1.68 bits per heavy atom. The summed E-state index contributed by atoms with van der Waals surface area (Å²) >= 11 is 0. The first-order chi connectivity index (χ1) is 13.6. The van der Waals surface area contributed by atoms with Crippen molar-refractivity contribution in [3.8, 4) is 5.75 Å². The van der Waals surface area contributed by atoms with Crippen molar-refractivity contribution in [2.45, 2.75) is 26.4 Å². The van der Waals surface area contributed by atoms with E-state index in [1.54, 1.807) is 12.1 Å². The molecule has 0 bridgehead atoms. The third-order valence-corrected chi connectivity index (χ3v) is 3.94. The van der Waals surface area contributed by atoms with Gasteiger partial charge in [0.1, 0.15) is 5.75 Å². The summed E-state index contributed by atoms with van der Waals surface area (Å²) in [4.78, 5) is 20.8. The quantitative estimate of drug-likeness (QED) is 0.617. The van der Waals surface area contributed by atoms with Crippen LogP contribution >= 0.6 is 0 Å². The molecule has 3 aromatic rings. The predicted octanol–water partition coefficient (Wildman–Crippen LogP) is 4.17. The molecule has 0 saturated heterocycles. The first-order valence-corrected chi connectivity index (χ1v) is 9.28. The van der Waals surface area contributed by atoms with E-state index in [1.807, 2.05) is 44.2 Å². The monoisotopic (exact) mass is 376 g/mol. The number of amides is 1. The van der Waals surface area contributed by atoms with Gasteiger partial charge in [0.05, 0.1) is 11.7 Å². The molecule has 0 aliphatic carbocycles. The van der Waals surface area contributed by atoms with Crippen LogP contribution in [0.15, 0.2) is 67.0 Å². The summed E-state index contributed by atoms with van der Waals surface area (Å²) < 4.78 is 5.59. The molecule has 0 radical (unpaired) electrons. The average Bonchev–Trinajstić information content (AvgIpc) is 2.70. The molecular formula is C22H24N4O2. The molecule has 144 valence electrons. The van der Waals surface area contributed by atoms with Gasteiger partial charge in [0.25, 0.3) is 5.91 Å². The molecule has 0 spiro atoms. The van der Waals surface area contributed by atoms with E-state index >= 15 is 0 Å². The second-order valence-corrected chi connectivity index (χ2v) is 6.60. The molecule has 0 atom stereocenters. The van der Waals surface area contributed by atoms with Gasteiger partial charge in [-0.1, -0.05) is 30.3 Å². The number of aromatic nitrogens is 2. The minimum atomic E-state index is -0.256. The summed E-state index contributed by atoms with van der Waals surface area (Å²) in [5.41, 5.74) is 2.33.